The Labute approximate surface area is 224 Å². The molecule has 1 N–H and O–H groups in total. The molecule has 0 heterocycles. The van der Waals surface area contributed by atoms with Gasteiger partial charge in [0.05, 0.1) is 10.1 Å². The second-order valence-corrected chi connectivity index (χ2v) is 10.1. The van der Waals surface area contributed by atoms with Gasteiger partial charge in [0.15, 0.2) is 0 Å². The standard InChI is InChI=1S/C23H48O4S.K/c1-2-3-4-14-17-20-23(28(25,26)27)21-18-15-12-10-8-6-5-7-9-11-13-16-19-22-24;/h23-24H,2-22H2,1H3,(H,25,26,27);/q;+1/p-1. The third-order valence-corrected chi connectivity index (χ3v) is 7.01. The van der Waals surface area contributed by atoms with E-state index in [0.29, 0.717) is 19.4 Å². The van der Waals surface area contributed by atoms with Crippen molar-refractivity contribution in [3.8, 4) is 0 Å². The third-order valence-electron chi connectivity index (χ3n) is 5.72. The van der Waals surface area contributed by atoms with Crippen LogP contribution in [0, 0.1) is 0 Å². The molecule has 1 unspecified atom stereocenters. The van der Waals surface area contributed by atoms with Crippen molar-refractivity contribution < 1.29 is 69.5 Å². The van der Waals surface area contributed by atoms with E-state index in [1.54, 1.807) is 0 Å². The van der Waals surface area contributed by atoms with Gasteiger partial charge in [0, 0.05) is 11.9 Å². The average Bonchev–Trinajstić information content (AvgIpc) is 2.65. The molecule has 0 aliphatic heterocycles. The molecule has 29 heavy (non-hydrogen) atoms. The minimum absolute atomic E-state index is 0. The van der Waals surface area contributed by atoms with Crippen LogP contribution in [0.2, 0.25) is 0 Å². The minimum Gasteiger partial charge on any atom is -0.748 e. The van der Waals surface area contributed by atoms with Crippen LogP contribution in [0.5, 0.6) is 0 Å². The quantitative estimate of drug-likeness (QED) is 0.152. The zero-order chi connectivity index (χ0) is 20.9. The van der Waals surface area contributed by atoms with Crippen LogP contribution in [0.1, 0.15) is 135 Å². The van der Waals surface area contributed by atoms with Gasteiger partial charge in [0.2, 0.25) is 0 Å². The molecule has 0 rings (SSSR count). The maximum absolute atomic E-state index is 11.4. The molecular formula is C23H47KO4S. The number of hydrogen-bond acceptors (Lipinski definition) is 4. The van der Waals surface area contributed by atoms with Gasteiger partial charge >= 0.3 is 51.4 Å². The minimum atomic E-state index is -4.14. The Morgan fingerprint density at radius 2 is 0.931 bits per heavy atom. The van der Waals surface area contributed by atoms with Crippen molar-refractivity contribution in [3.05, 3.63) is 0 Å². The summed E-state index contributed by atoms with van der Waals surface area (Å²) in [6.45, 7) is 2.49. The zero-order valence-electron chi connectivity index (χ0n) is 19.5. The van der Waals surface area contributed by atoms with E-state index in [0.717, 1.165) is 51.4 Å². The summed E-state index contributed by atoms with van der Waals surface area (Å²) in [6.07, 6.45) is 22.0. The molecular weight excluding hydrogens is 411 g/mol. The Balaban J connectivity index is 0. The Kier molecular flexibility index (Phi) is 27.2. The van der Waals surface area contributed by atoms with Crippen molar-refractivity contribution in [2.24, 2.45) is 0 Å². The van der Waals surface area contributed by atoms with E-state index >= 15 is 0 Å². The molecule has 0 aromatic carbocycles. The van der Waals surface area contributed by atoms with Crippen LogP contribution >= 0.6 is 0 Å². The summed E-state index contributed by atoms with van der Waals surface area (Å²) in [4.78, 5) is 0. The smallest absolute Gasteiger partial charge is 0.748 e. The van der Waals surface area contributed by atoms with Gasteiger partial charge in [-0.3, -0.25) is 0 Å². The van der Waals surface area contributed by atoms with E-state index in [9.17, 15) is 13.0 Å². The fraction of sp³-hybridized carbons (Fsp3) is 1.00. The molecule has 6 heteroatoms. The summed E-state index contributed by atoms with van der Waals surface area (Å²) < 4.78 is 34.3. The molecule has 170 valence electrons. The van der Waals surface area contributed by atoms with Crippen molar-refractivity contribution in [2.45, 2.75) is 141 Å². The van der Waals surface area contributed by atoms with Crippen LogP contribution in [0.15, 0.2) is 0 Å². The van der Waals surface area contributed by atoms with Crippen LogP contribution in [0.25, 0.3) is 0 Å². The van der Waals surface area contributed by atoms with Gasteiger partial charge in [0.1, 0.15) is 0 Å². The second-order valence-electron chi connectivity index (χ2n) is 8.43. The molecule has 0 aliphatic rings. The van der Waals surface area contributed by atoms with Crippen molar-refractivity contribution in [3.63, 3.8) is 0 Å². The summed E-state index contributed by atoms with van der Waals surface area (Å²) in [5.41, 5.74) is 0. The molecule has 0 aromatic rings. The first-order valence-electron chi connectivity index (χ1n) is 12.1. The van der Waals surface area contributed by atoms with Crippen LogP contribution in [0.3, 0.4) is 0 Å². The molecule has 0 radical (unpaired) electrons. The van der Waals surface area contributed by atoms with E-state index < -0.39 is 15.4 Å². The van der Waals surface area contributed by atoms with Gasteiger partial charge in [-0.1, -0.05) is 116 Å². The summed E-state index contributed by atoms with van der Waals surface area (Å²) in [5, 5.41) is 8.06. The first kappa shape index (κ1) is 32.7. The predicted molar refractivity (Wildman–Crippen MR) is 119 cm³/mol. The van der Waals surface area contributed by atoms with Crippen molar-refractivity contribution in [1.82, 2.24) is 0 Å². The monoisotopic (exact) mass is 458 g/mol. The number of rotatable bonds is 22. The molecule has 0 spiro atoms. The Morgan fingerprint density at radius 3 is 1.24 bits per heavy atom. The normalized spacial score (nSPS) is 12.7. The first-order valence-corrected chi connectivity index (χ1v) is 13.5. The SMILES string of the molecule is CCCCCCCC(CCCCCCCCCCCCCCCO)S(=O)(=O)[O-].[K+]. The molecule has 0 amide bonds. The van der Waals surface area contributed by atoms with Gasteiger partial charge in [-0.05, 0) is 19.3 Å². The number of unbranched alkanes of at least 4 members (excludes halogenated alkanes) is 16. The van der Waals surface area contributed by atoms with Crippen molar-refractivity contribution >= 4 is 10.1 Å². The molecule has 0 aliphatic carbocycles. The van der Waals surface area contributed by atoms with E-state index in [1.165, 1.54) is 64.2 Å². The van der Waals surface area contributed by atoms with Crippen molar-refractivity contribution in [1.29, 1.82) is 0 Å². The van der Waals surface area contributed by atoms with Crippen LogP contribution in [0.4, 0.5) is 0 Å². The topological polar surface area (TPSA) is 77.4 Å². The molecule has 0 saturated heterocycles. The first-order chi connectivity index (χ1) is 13.5. The van der Waals surface area contributed by atoms with E-state index in [-0.39, 0.29) is 51.4 Å². The number of aliphatic hydroxyl groups excluding tert-OH is 1. The van der Waals surface area contributed by atoms with Gasteiger partial charge in [-0.2, -0.15) is 0 Å². The molecule has 0 bridgehead atoms. The van der Waals surface area contributed by atoms with Gasteiger partial charge in [0.25, 0.3) is 0 Å². The van der Waals surface area contributed by atoms with Crippen molar-refractivity contribution in [2.75, 3.05) is 6.61 Å². The molecule has 0 saturated carbocycles. The van der Waals surface area contributed by atoms with Crippen LogP contribution in [-0.4, -0.2) is 29.9 Å². The molecule has 0 fully saturated rings. The summed E-state index contributed by atoms with van der Waals surface area (Å²) >= 11 is 0. The fourth-order valence-corrected chi connectivity index (χ4v) is 4.75. The maximum Gasteiger partial charge on any atom is 1.00 e. The largest absolute Gasteiger partial charge is 1.00 e. The van der Waals surface area contributed by atoms with E-state index in [4.69, 9.17) is 5.11 Å². The Hall–Kier alpha value is 1.51. The zero-order valence-corrected chi connectivity index (χ0v) is 23.4. The predicted octanol–water partition coefficient (Wildman–Crippen LogP) is 3.72. The molecule has 0 aromatic heterocycles. The molecule has 1 atom stereocenters. The fourth-order valence-electron chi connectivity index (χ4n) is 3.84. The van der Waals surface area contributed by atoms with Crippen LogP contribution in [-0.2, 0) is 10.1 Å². The van der Waals surface area contributed by atoms with Gasteiger partial charge in [-0.25, -0.2) is 8.42 Å². The summed E-state index contributed by atoms with van der Waals surface area (Å²) in [5.74, 6) is 0. The maximum atomic E-state index is 11.4. The van der Waals surface area contributed by atoms with E-state index in [2.05, 4.69) is 6.92 Å². The van der Waals surface area contributed by atoms with Gasteiger partial charge < -0.3 is 9.66 Å². The number of aliphatic hydroxyl groups is 1. The summed E-state index contributed by atoms with van der Waals surface area (Å²) in [7, 11) is -4.14. The average molecular weight is 459 g/mol. The van der Waals surface area contributed by atoms with Gasteiger partial charge in [-0.15, -0.1) is 0 Å². The Bertz CT molecular complexity index is 415. The third kappa shape index (κ3) is 24.0. The number of hydrogen-bond donors (Lipinski definition) is 1. The summed E-state index contributed by atoms with van der Waals surface area (Å²) in [6, 6.07) is 0. The van der Waals surface area contributed by atoms with E-state index in [1.807, 2.05) is 0 Å². The van der Waals surface area contributed by atoms with Crippen LogP contribution < -0.4 is 51.4 Å². The second kappa shape index (κ2) is 24.2. The molecule has 4 nitrogen and oxygen atoms in total. The Morgan fingerprint density at radius 1 is 0.621 bits per heavy atom.